The number of carbonyl (C=O) groups excluding carboxylic acids is 3. The molecule has 2 aliphatic heterocycles. The summed E-state index contributed by atoms with van der Waals surface area (Å²) in [6.07, 6.45) is 2.29. The van der Waals surface area contributed by atoms with Gasteiger partial charge in [-0.2, -0.15) is 0 Å². The minimum atomic E-state index is -0.583. The Kier molecular flexibility index (Phi) is 8.27. The van der Waals surface area contributed by atoms with Crippen LogP contribution in [0.4, 0.5) is 4.79 Å². The molecule has 1 atom stereocenters. The smallest absolute Gasteiger partial charge is 0.338 e. The number of nitrogens with zero attached hydrogens (tertiary/aromatic N) is 1. The second-order valence-electron chi connectivity index (χ2n) is 8.04. The molecule has 1 aromatic carbocycles. The third-order valence-corrected chi connectivity index (χ3v) is 5.96. The molecular formula is C24H33N3O5. The summed E-state index contributed by atoms with van der Waals surface area (Å²) >= 11 is 0. The van der Waals surface area contributed by atoms with Crippen molar-refractivity contribution in [3.63, 3.8) is 0 Å². The third-order valence-electron chi connectivity index (χ3n) is 5.96. The van der Waals surface area contributed by atoms with Crippen LogP contribution in [-0.4, -0.2) is 55.7 Å². The van der Waals surface area contributed by atoms with Crippen LogP contribution in [0.1, 0.15) is 50.8 Å². The molecule has 1 fully saturated rings. The second-order valence-corrected chi connectivity index (χ2v) is 8.04. The van der Waals surface area contributed by atoms with E-state index in [0.29, 0.717) is 50.4 Å². The van der Waals surface area contributed by atoms with Gasteiger partial charge >= 0.3 is 18.0 Å². The van der Waals surface area contributed by atoms with E-state index in [1.54, 1.807) is 6.92 Å². The lowest BCUT2D eigenvalue weighted by Crippen LogP contribution is -2.49. The number of likely N-dealkylation sites (tertiary alicyclic amines) is 1. The van der Waals surface area contributed by atoms with E-state index in [1.807, 2.05) is 31.2 Å². The van der Waals surface area contributed by atoms with Crippen LogP contribution in [-0.2, 0) is 25.5 Å². The zero-order valence-electron chi connectivity index (χ0n) is 19.1. The van der Waals surface area contributed by atoms with Gasteiger partial charge in [0.05, 0.1) is 30.7 Å². The molecule has 1 saturated heterocycles. The van der Waals surface area contributed by atoms with Crippen molar-refractivity contribution in [2.75, 3.05) is 32.8 Å². The van der Waals surface area contributed by atoms with E-state index in [2.05, 4.69) is 22.5 Å². The molecule has 2 heterocycles. The van der Waals surface area contributed by atoms with Gasteiger partial charge in [-0.15, -0.1) is 0 Å². The number of rotatable bonds is 8. The first-order chi connectivity index (χ1) is 15.5. The fourth-order valence-electron chi connectivity index (χ4n) is 4.20. The topological polar surface area (TPSA) is 97.0 Å². The summed E-state index contributed by atoms with van der Waals surface area (Å²) in [4.78, 5) is 39.6. The van der Waals surface area contributed by atoms with E-state index in [9.17, 15) is 14.4 Å². The lowest BCUT2D eigenvalue weighted by molar-refractivity contribution is -0.149. The quantitative estimate of drug-likeness (QED) is 0.600. The Morgan fingerprint density at radius 3 is 2.28 bits per heavy atom. The number of piperidine rings is 1. The molecule has 1 aromatic rings. The number of esters is 2. The van der Waals surface area contributed by atoms with Gasteiger partial charge in [-0.05, 0) is 57.3 Å². The first kappa shape index (κ1) is 23.8. The van der Waals surface area contributed by atoms with Gasteiger partial charge in [0.25, 0.3) is 0 Å². The highest BCUT2D eigenvalue weighted by atomic mass is 16.5. The average Bonchev–Trinajstić information content (AvgIpc) is 2.79. The summed E-state index contributed by atoms with van der Waals surface area (Å²) in [6.45, 7) is 8.05. The number of aryl methyl sites for hydroxylation is 1. The molecule has 0 spiro atoms. The minimum Gasteiger partial charge on any atom is -0.466 e. The molecule has 3 rings (SSSR count). The molecule has 0 aliphatic carbocycles. The van der Waals surface area contributed by atoms with Crippen LogP contribution in [0.3, 0.4) is 0 Å². The lowest BCUT2D eigenvalue weighted by atomic mass is 9.93. The number of benzene rings is 1. The maximum Gasteiger partial charge on any atom is 0.338 e. The van der Waals surface area contributed by atoms with Crippen molar-refractivity contribution in [2.24, 2.45) is 5.92 Å². The van der Waals surface area contributed by atoms with Gasteiger partial charge in [0, 0.05) is 12.2 Å². The van der Waals surface area contributed by atoms with Crippen molar-refractivity contribution in [1.29, 1.82) is 0 Å². The molecule has 2 amide bonds. The highest BCUT2D eigenvalue weighted by molar-refractivity contribution is 5.95. The van der Waals surface area contributed by atoms with Crippen LogP contribution in [0.25, 0.3) is 0 Å². The molecule has 32 heavy (non-hydrogen) atoms. The first-order valence-electron chi connectivity index (χ1n) is 11.4. The van der Waals surface area contributed by atoms with Gasteiger partial charge in [0.15, 0.2) is 0 Å². The van der Waals surface area contributed by atoms with Crippen molar-refractivity contribution in [1.82, 2.24) is 15.5 Å². The molecule has 0 saturated carbocycles. The summed E-state index contributed by atoms with van der Waals surface area (Å²) in [5, 5.41) is 5.70. The lowest BCUT2D eigenvalue weighted by Gasteiger charge is -2.35. The molecule has 8 heteroatoms. The van der Waals surface area contributed by atoms with E-state index < -0.39 is 12.0 Å². The molecule has 8 nitrogen and oxygen atoms in total. The predicted molar refractivity (Wildman–Crippen MR) is 120 cm³/mol. The molecule has 0 aromatic heterocycles. The SMILES string of the molecule is CCOC(=O)C1=C(CN2CCC(C(=O)OCC)CC2)NC(=O)NC1c1ccc(CC)cc1. The minimum absolute atomic E-state index is 0.0999. The molecule has 2 N–H and O–H groups in total. The zero-order chi connectivity index (χ0) is 23.1. The predicted octanol–water partition coefficient (Wildman–Crippen LogP) is 2.70. The van der Waals surface area contributed by atoms with Crippen LogP contribution < -0.4 is 10.6 Å². The number of carbonyl (C=O) groups is 3. The fourth-order valence-corrected chi connectivity index (χ4v) is 4.20. The number of urea groups is 1. The largest absolute Gasteiger partial charge is 0.466 e. The van der Waals surface area contributed by atoms with E-state index in [4.69, 9.17) is 9.47 Å². The molecule has 0 bridgehead atoms. The van der Waals surface area contributed by atoms with Gasteiger partial charge < -0.3 is 20.1 Å². The average molecular weight is 444 g/mol. The van der Waals surface area contributed by atoms with E-state index >= 15 is 0 Å². The highest BCUT2D eigenvalue weighted by Gasteiger charge is 2.35. The summed E-state index contributed by atoms with van der Waals surface area (Å²) in [5.41, 5.74) is 2.98. The second kappa shape index (κ2) is 11.1. The Bertz CT molecular complexity index is 857. The summed E-state index contributed by atoms with van der Waals surface area (Å²) in [7, 11) is 0. The standard InChI is InChI=1S/C24H33N3O5/c1-4-16-7-9-17(10-8-16)21-20(23(29)32-6-3)19(25-24(30)26-21)15-27-13-11-18(12-14-27)22(28)31-5-2/h7-10,18,21H,4-6,11-15H2,1-3H3,(H2,25,26,30). The Labute approximate surface area is 189 Å². The van der Waals surface area contributed by atoms with Crippen molar-refractivity contribution in [3.8, 4) is 0 Å². The van der Waals surface area contributed by atoms with Gasteiger partial charge in [0.2, 0.25) is 0 Å². The maximum absolute atomic E-state index is 12.9. The summed E-state index contributed by atoms with van der Waals surface area (Å²) in [6, 6.07) is 6.96. The summed E-state index contributed by atoms with van der Waals surface area (Å²) in [5.74, 6) is -0.692. The number of hydrogen-bond donors (Lipinski definition) is 2. The number of ether oxygens (including phenoxy) is 2. The molecule has 174 valence electrons. The Morgan fingerprint density at radius 1 is 1.03 bits per heavy atom. The number of hydrogen-bond acceptors (Lipinski definition) is 6. The zero-order valence-corrected chi connectivity index (χ0v) is 19.1. The van der Waals surface area contributed by atoms with Gasteiger partial charge in [-0.3, -0.25) is 9.69 Å². The number of amides is 2. The third kappa shape index (κ3) is 5.68. The molecule has 2 aliphatic rings. The Hall–Kier alpha value is -2.87. The van der Waals surface area contributed by atoms with Crippen molar-refractivity contribution in [2.45, 2.75) is 46.1 Å². The van der Waals surface area contributed by atoms with Crippen LogP contribution in [0, 0.1) is 5.92 Å². The molecule has 1 unspecified atom stereocenters. The first-order valence-corrected chi connectivity index (χ1v) is 11.4. The highest BCUT2D eigenvalue weighted by Crippen LogP contribution is 2.29. The Balaban J connectivity index is 1.83. The van der Waals surface area contributed by atoms with Gasteiger partial charge in [-0.25, -0.2) is 9.59 Å². The van der Waals surface area contributed by atoms with E-state index in [-0.39, 0.29) is 24.5 Å². The van der Waals surface area contributed by atoms with Gasteiger partial charge in [0.1, 0.15) is 0 Å². The van der Waals surface area contributed by atoms with Crippen molar-refractivity contribution < 1.29 is 23.9 Å². The van der Waals surface area contributed by atoms with Crippen LogP contribution in [0.15, 0.2) is 35.5 Å². The maximum atomic E-state index is 12.9. The number of nitrogens with one attached hydrogen (secondary N) is 2. The molecule has 0 radical (unpaired) electrons. The van der Waals surface area contributed by atoms with Crippen LogP contribution in [0.5, 0.6) is 0 Å². The van der Waals surface area contributed by atoms with Crippen LogP contribution >= 0.6 is 0 Å². The van der Waals surface area contributed by atoms with E-state index in [1.165, 1.54) is 5.56 Å². The monoisotopic (exact) mass is 443 g/mol. The van der Waals surface area contributed by atoms with Crippen LogP contribution in [0.2, 0.25) is 0 Å². The summed E-state index contributed by atoms with van der Waals surface area (Å²) < 4.78 is 10.5. The molecular weight excluding hydrogens is 410 g/mol. The van der Waals surface area contributed by atoms with Crippen molar-refractivity contribution >= 4 is 18.0 Å². The Morgan fingerprint density at radius 2 is 1.69 bits per heavy atom. The normalized spacial score (nSPS) is 19.8. The fraction of sp³-hybridized carbons (Fsp3) is 0.542. The van der Waals surface area contributed by atoms with E-state index in [0.717, 1.165) is 12.0 Å². The van der Waals surface area contributed by atoms with Crippen molar-refractivity contribution in [3.05, 3.63) is 46.7 Å². The van der Waals surface area contributed by atoms with Gasteiger partial charge in [-0.1, -0.05) is 31.2 Å².